The van der Waals surface area contributed by atoms with E-state index in [1.165, 1.54) is 4.90 Å². The molecule has 1 fully saturated rings. The molecular formula is C29H42N6O7. The summed E-state index contributed by atoms with van der Waals surface area (Å²) in [5.74, 6) is 0.224. The minimum atomic E-state index is -0.473. The Hall–Kier alpha value is -3.68. The Balaban J connectivity index is 1.50. The van der Waals surface area contributed by atoms with Gasteiger partial charge in [0.2, 0.25) is 5.91 Å². The smallest absolute Gasteiger partial charge is 0.321 e. The van der Waals surface area contributed by atoms with Gasteiger partial charge in [-0.2, -0.15) is 0 Å². The predicted molar refractivity (Wildman–Crippen MR) is 156 cm³/mol. The third kappa shape index (κ3) is 7.58. The first-order valence-electron chi connectivity index (χ1n) is 14.3. The van der Waals surface area contributed by atoms with Gasteiger partial charge in [-0.3, -0.25) is 14.5 Å². The summed E-state index contributed by atoms with van der Waals surface area (Å²) in [5.41, 5.74) is 1.86. The molecule has 13 nitrogen and oxygen atoms in total. The van der Waals surface area contributed by atoms with Gasteiger partial charge in [-0.25, -0.2) is 4.79 Å². The molecule has 3 N–H and O–H groups in total. The second-order valence-corrected chi connectivity index (χ2v) is 11.1. The average molecular weight is 587 g/mol. The third-order valence-corrected chi connectivity index (χ3v) is 7.77. The molecule has 0 bridgehead atoms. The highest BCUT2D eigenvalue weighted by molar-refractivity contribution is 6.00. The number of ether oxygens (including phenoxy) is 2. The molecule has 1 aromatic heterocycles. The van der Waals surface area contributed by atoms with Gasteiger partial charge in [-0.1, -0.05) is 12.1 Å². The van der Waals surface area contributed by atoms with Gasteiger partial charge in [0.25, 0.3) is 5.91 Å². The number of hydrogen-bond donors (Lipinski definition) is 3. The molecule has 42 heavy (non-hydrogen) atoms. The van der Waals surface area contributed by atoms with Gasteiger partial charge < -0.3 is 39.5 Å². The van der Waals surface area contributed by atoms with Crippen LogP contribution in [0.25, 0.3) is 0 Å². The maximum Gasteiger partial charge on any atom is 0.321 e. The number of hydrogen-bond acceptors (Lipinski definition) is 9. The Morgan fingerprint density at radius 3 is 2.62 bits per heavy atom. The second kappa shape index (κ2) is 14.0. The number of aryl methyl sites for hydroxylation is 2. The molecule has 2 aromatic rings. The summed E-state index contributed by atoms with van der Waals surface area (Å²) in [5, 5.41) is 19.5. The van der Waals surface area contributed by atoms with Crippen LogP contribution in [0.2, 0.25) is 0 Å². The lowest BCUT2D eigenvalue weighted by Gasteiger charge is -2.38. The number of carbonyl (C=O) groups is 3. The first-order valence-corrected chi connectivity index (χ1v) is 14.3. The number of aliphatic hydroxyl groups is 1. The van der Waals surface area contributed by atoms with Crippen molar-refractivity contribution in [2.45, 2.75) is 46.3 Å². The van der Waals surface area contributed by atoms with Crippen LogP contribution in [-0.4, -0.2) is 115 Å². The summed E-state index contributed by atoms with van der Waals surface area (Å²) in [6.45, 7) is 11.1. The van der Waals surface area contributed by atoms with Gasteiger partial charge in [0.05, 0.1) is 38.0 Å². The van der Waals surface area contributed by atoms with Crippen molar-refractivity contribution < 1.29 is 33.5 Å². The number of benzene rings is 1. The van der Waals surface area contributed by atoms with Crippen molar-refractivity contribution in [2.75, 3.05) is 70.2 Å². The SMILES string of the molecule is Cc1noc(C)c1NC(=O)N(C)C[C@H]1Oc2ccc(NC(=O)CCN3CCOCC3)cc2C(=O)N([C@H](C)CO)C[C@H]1C. The number of likely N-dealkylation sites (N-methyl/N-ethyl adjacent to an activating group) is 1. The van der Waals surface area contributed by atoms with Crippen LogP contribution < -0.4 is 15.4 Å². The molecule has 0 unspecified atom stereocenters. The number of morpholine rings is 1. The molecule has 0 aliphatic carbocycles. The van der Waals surface area contributed by atoms with Gasteiger partial charge >= 0.3 is 6.03 Å². The third-order valence-electron chi connectivity index (χ3n) is 7.77. The molecule has 230 valence electrons. The van der Waals surface area contributed by atoms with Crippen molar-refractivity contribution >= 4 is 29.2 Å². The molecular weight excluding hydrogens is 544 g/mol. The number of rotatable bonds is 9. The van der Waals surface area contributed by atoms with Crippen LogP contribution >= 0.6 is 0 Å². The van der Waals surface area contributed by atoms with Crippen molar-refractivity contribution in [2.24, 2.45) is 5.92 Å². The summed E-state index contributed by atoms with van der Waals surface area (Å²) in [4.78, 5) is 44.7. The summed E-state index contributed by atoms with van der Waals surface area (Å²) in [6, 6.07) is 4.19. The number of aromatic nitrogens is 1. The maximum absolute atomic E-state index is 13.7. The molecule has 1 aromatic carbocycles. The highest BCUT2D eigenvalue weighted by Crippen LogP contribution is 2.31. The maximum atomic E-state index is 13.7. The topological polar surface area (TPSA) is 150 Å². The molecule has 2 aliphatic rings. The van der Waals surface area contributed by atoms with Crippen LogP contribution in [0.1, 0.15) is 42.1 Å². The number of aliphatic hydroxyl groups excluding tert-OH is 1. The number of amides is 4. The van der Waals surface area contributed by atoms with Crippen molar-refractivity contribution in [3.63, 3.8) is 0 Å². The summed E-state index contributed by atoms with van der Waals surface area (Å²) >= 11 is 0. The molecule has 4 amide bonds. The Bertz CT molecular complexity index is 1240. The van der Waals surface area contributed by atoms with Crippen molar-refractivity contribution in [3.05, 3.63) is 35.2 Å². The second-order valence-electron chi connectivity index (χ2n) is 11.1. The molecule has 1 saturated heterocycles. The van der Waals surface area contributed by atoms with Gasteiger partial charge in [-0.15, -0.1) is 0 Å². The summed E-state index contributed by atoms with van der Waals surface area (Å²) < 4.78 is 16.9. The monoisotopic (exact) mass is 586 g/mol. The van der Waals surface area contributed by atoms with Gasteiger partial charge in [0.15, 0.2) is 5.76 Å². The number of carbonyl (C=O) groups excluding carboxylic acids is 3. The van der Waals surface area contributed by atoms with E-state index in [1.807, 2.05) is 6.92 Å². The molecule has 3 heterocycles. The Morgan fingerprint density at radius 1 is 1.21 bits per heavy atom. The predicted octanol–water partition coefficient (Wildman–Crippen LogP) is 2.34. The molecule has 4 rings (SSSR count). The number of fused-ring (bicyclic) bond motifs is 1. The lowest BCUT2D eigenvalue weighted by atomic mass is 9.99. The van der Waals surface area contributed by atoms with Crippen LogP contribution in [0.15, 0.2) is 22.7 Å². The van der Waals surface area contributed by atoms with E-state index in [2.05, 4.69) is 20.7 Å². The molecule has 0 spiro atoms. The van der Waals surface area contributed by atoms with Crippen molar-refractivity contribution in [1.82, 2.24) is 19.9 Å². The van der Waals surface area contributed by atoms with Gasteiger partial charge in [-0.05, 0) is 39.0 Å². The lowest BCUT2D eigenvalue weighted by Crippen LogP contribution is -2.50. The van der Waals surface area contributed by atoms with Crippen LogP contribution in [0.5, 0.6) is 5.75 Å². The molecule has 13 heteroatoms. The van der Waals surface area contributed by atoms with E-state index in [0.29, 0.717) is 61.3 Å². The first kappa shape index (κ1) is 31.3. The van der Waals surface area contributed by atoms with Crippen LogP contribution in [0, 0.1) is 19.8 Å². The van der Waals surface area contributed by atoms with Crippen LogP contribution in [-0.2, 0) is 9.53 Å². The van der Waals surface area contributed by atoms with E-state index < -0.39 is 12.1 Å². The first-order chi connectivity index (χ1) is 20.1. The van der Waals surface area contributed by atoms with E-state index >= 15 is 0 Å². The highest BCUT2D eigenvalue weighted by atomic mass is 16.5. The lowest BCUT2D eigenvalue weighted by molar-refractivity contribution is -0.116. The fraction of sp³-hybridized carbons (Fsp3) is 0.586. The zero-order valence-electron chi connectivity index (χ0n) is 25.0. The molecule has 0 radical (unpaired) electrons. The van der Waals surface area contributed by atoms with Crippen LogP contribution in [0.4, 0.5) is 16.2 Å². The minimum absolute atomic E-state index is 0.154. The van der Waals surface area contributed by atoms with E-state index in [9.17, 15) is 19.5 Å². The largest absolute Gasteiger partial charge is 0.487 e. The summed E-state index contributed by atoms with van der Waals surface area (Å²) in [6.07, 6.45) is -0.156. The van der Waals surface area contributed by atoms with E-state index in [1.54, 1.807) is 50.9 Å². The fourth-order valence-corrected chi connectivity index (χ4v) is 5.04. The average Bonchev–Trinajstić information content (AvgIpc) is 3.30. The van der Waals surface area contributed by atoms with Crippen molar-refractivity contribution in [3.8, 4) is 5.75 Å². The molecule has 2 aliphatic heterocycles. The van der Waals surface area contributed by atoms with E-state index in [4.69, 9.17) is 14.0 Å². The molecule has 0 saturated carbocycles. The van der Waals surface area contributed by atoms with E-state index in [-0.39, 0.29) is 42.5 Å². The Morgan fingerprint density at radius 2 is 1.95 bits per heavy atom. The summed E-state index contributed by atoms with van der Waals surface area (Å²) in [7, 11) is 1.66. The highest BCUT2D eigenvalue weighted by Gasteiger charge is 2.34. The Kier molecular flexibility index (Phi) is 10.4. The quantitative estimate of drug-likeness (QED) is 0.402. The molecule has 3 atom stereocenters. The number of nitrogens with one attached hydrogen (secondary N) is 2. The van der Waals surface area contributed by atoms with Crippen molar-refractivity contribution in [1.29, 1.82) is 0 Å². The van der Waals surface area contributed by atoms with Gasteiger partial charge in [0, 0.05) is 51.3 Å². The zero-order chi connectivity index (χ0) is 30.4. The van der Waals surface area contributed by atoms with Gasteiger partial charge in [0.1, 0.15) is 23.2 Å². The van der Waals surface area contributed by atoms with E-state index in [0.717, 1.165) is 13.1 Å². The number of anilines is 2. The minimum Gasteiger partial charge on any atom is -0.487 e. The Labute approximate surface area is 246 Å². The van der Waals surface area contributed by atoms with Crippen LogP contribution in [0.3, 0.4) is 0 Å². The number of urea groups is 1. The standard InChI is InChI=1S/C29H42N6O7/c1-18-15-35(19(2)17-36)28(38)23-14-22(30-26(37)8-9-34-10-12-40-13-11-34)6-7-24(23)41-25(18)16-33(5)29(39)31-27-20(3)32-42-21(27)4/h6-7,14,18-19,25,36H,8-13,15-17H2,1-5H3,(H,30,37)(H,31,39)/t18-,19-,25-/m1/s1. The normalized spacial score (nSPS) is 20.1. The fourth-order valence-electron chi connectivity index (χ4n) is 5.04. The number of nitrogens with zero attached hydrogens (tertiary/aromatic N) is 4. The zero-order valence-corrected chi connectivity index (χ0v) is 25.0.